The lowest BCUT2D eigenvalue weighted by Crippen LogP contribution is -2.41. The Balaban J connectivity index is 1.32. The van der Waals surface area contributed by atoms with Crippen molar-refractivity contribution in [3.8, 4) is 0 Å². The number of likely N-dealkylation sites (tertiary alicyclic amines) is 1. The predicted octanol–water partition coefficient (Wildman–Crippen LogP) is 2.54. The van der Waals surface area contributed by atoms with Gasteiger partial charge in [0.2, 0.25) is 0 Å². The summed E-state index contributed by atoms with van der Waals surface area (Å²) in [7, 11) is 0. The number of carbonyl (C=O) groups is 1. The summed E-state index contributed by atoms with van der Waals surface area (Å²) in [6, 6.07) is 11.1. The summed E-state index contributed by atoms with van der Waals surface area (Å²) in [5.41, 5.74) is 1.28. The number of rotatable bonds is 6. The molecule has 0 aliphatic carbocycles. The first-order valence-corrected chi connectivity index (χ1v) is 9.67. The third kappa shape index (κ3) is 5.11. The fraction of sp³-hybridized carbons (Fsp3) is 0.650. The van der Waals surface area contributed by atoms with Gasteiger partial charge in [-0.1, -0.05) is 18.2 Å². The molecular weight excluding hydrogens is 312 g/mol. The Morgan fingerprint density at radius 3 is 2.32 bits per heavy atom. The average Bonchev–Trinajstić information content (AvgIpc) is 3.28. The zero-order valence-corrected chi connectivity index (χ0v) is 15.6. The van der Waals surface area contributed by atoms with Crippen LogP contribution in [0.2, 0.25) is 0 Å². The minimum Gasteiger partial charge on any atom is -0.371 e. The van der Waals surface area contributed by atoms with E-state index >= 15 is 0 Å². The van der Waals surface area contributed by atoms with Gasteiger partial charge in [0.15, 0.2) is 0 Å². The molecule has 1 aromatic rings. The van der Waals surface area contributed by atoms with Crippen molar-refractivity contribution in [2.24, 2.45) is 11.8 Å². The maximum atomic E-state index is 12.1. The number of para-hydroxylation sites is 1. The molecule has 0 spiro atoms. The van der Waals surface area contributed by atoms with Gasteiger partial charge < -0.3 is 20.4 Å². The number of hydrogen-bond donors (Lipinski definition) is 2. The van der Waals surface area contributed by atoms with Crippen LogP contribution in [0.1, 0.15) is 26.7 Å². The van der Waals surface area contributed by atoms with Crippen molar-refractivity contribution in [3.05, 3.63) is 30.3 Å². The highest BCUT2D eigenvalue weighted by atomic mass is 16.2. The number of benzene rings is 1. The second-order valence-corrected chi connectivity index (χ2v) is 7.77. The molecule has 2 fully saturated rings. The topological polar surface area (TPSA) is 47.6 Å². The van der Waals surface area contributed by atoms with E-state index in [1.807, 2.05) is 6.07 Å². The Morgan fingerprint density at radius 2 is 1.68 bits per heavy atom. The molecule has 2 amide bonds. The minimum absolute atomic E-state index is 0.0128. The molecule has 2 aliphatic rings. The Labute approximate surface area is 151 Å². The van der Waals surface area contributed by atoms with Crippen molar-refractivity contribution < 1.29 is 4.79 Å². The molecule has 2 N–H and O–H groups in total. The van der Waals surface area contributed by atoms with E-state index in [-0.39, 0.29) is 6.03 Å². The van der Waals surface area contributed by atoms with Gasteiger partial charge in [-0.3, -0.25) is 0 Å². The molecule has 1 aromatic carbocycles. The molecule has 0 saturated carbocycles. The molecule has 3 rings (SSSR count). The van der Waals surface area contributed by atoms with Crippen LogP contribution in [-0.2, 0) is 0 Å². The van der Waals surface area contributed by atoms with Gasteiger partial charge in [0.05, 0.1) is 0 Å². The van der Waals surface area contributed by atoms with E-state index in [0.29, 0.717) is 17.9 Å². The van der Waals surface area contributed by atoms with Crippen LogP contribution in [0.3, 0.4) is 0 Å². The molecule has 2 aliphatic heterocycles. The van der Waals surface area contributed by atoms with Crippen molar-refractivity contribution in [1.82, 2.24) is 15.5 Å². The molecule has 2 atom stereocenters. The zero-order chi connectivity index (χ0) is 17.6. The van der Waals surface area contributed by atoms with E-state index in [1.165, 1.54) is 12.1 Å². The van der Waals surface area contributed by atoms with Gasteiger partial charge in [-0.2, -0.15) is 0 Å². The smallest absolute Gasteiger partial charge is 0.314 e. The maximum Gasteiger partial charge on any atom is 0.314 e. The average molecular weight is 345 g/mol. The van der Waals surface area contributed by atoms with E-state index in [0.717, 1.165) is 45.7 Å². The SMILES string of the molecule is CC(C)N1CC[C@H](CNC(=O)NC[C@@H]2CCN(c3ccccc3)C2)C1. The van der Waals surface area contributed by atoms with E-state index in [2.05, 4.69) is 58.5 Å². The highest BCUT2D eigenvalue weighted by Gasteiger charge is 2.25. The molecule has 0 unspecified atom stereocenters. The Hall–Kier alpha value is -1.75. The molecule has 2 heterocycles. The summed E-state index contributed by atoms with van der Waals surface area (Å²) in [4.78, 5) is 17.0. The summed E-state index contributed by atoms with van der Waals surface area (Å²) in [5.74, 6) is 1.13. The van der Waals surface area contributed by atoms with Crippen LogP contribution in [0.5, 0.6) is 0 Å². The van der Waals surface area contributed by atoms with Gasteiger partial charge in [-0.05, 0) is 57.2 Å². The Morgan fingerprint density at radius 1 is 1.04 bits per heavy atom. The van der Waals surface area contributed by atoms with Gasteiger partial charge in [0.1, 0.15) is 0 Å². The number of amides is 2. The highest BCUT2D eigenvalue weighted by Crippen LogP contribution is 2.23. The third-order valence-electron chi connectivity index (χ3n) is 5.56. The predicted molar refractivity (Wildman–Crippen MR) is 103 cm³/mol. The van der Waals surface area contributed by atoms with Gasteiger partial charge in [-0.25, -0.2) is 4.79 Å². The molecule has 0 radical (unpaired) electrons. The van der Waals surface area contributed by atoms with Crippen molar-refractivity contribution in [2.45, 2.75) is 32.7 Å². The summed E-state index contributed by atoms with van der Waals surface area (Å²) in [5, 5.41) is 6.12. The number of nitrogens with zero attached hydrogens (tertiary/aromatic N) is 2. The first kappa shape index (κ1) is 18.1. The second-order valence-electron chi connectivity index (χ2n) is 7.77. The Kier molecular flexibility index (Phi) is 6.19. The molecule has 5 heteroatoms. The van der Waals surface area contributed by atoms with Crippen LogP contribution in [0.15, 0.2) is 30.3 Å². The highest BCUT2D eigenvalue weighted by molar-refractivity contribution is 5.73. The fourth-order valence-electron chi connectivity index (χ4n) is 3.91. The van der Waals surface area contributed by atoms with Crippen molar-refractivity contribution in [2.75, 3.05) is 44.2 Å². The quantitative estimate of drug-likeness (QED) is 0.834. The number of nitrogens with one attached hydrogen (secondary N) is 2. The van der Waals surface area contributed by atoms with Gasteiger partial charge >= 0.3 is 6.03 Å². The van der Waals surface area contributed by atoms with Crippen molar-refractivity contribution >= 4 is 11.7 Å². The molecule has 138 valence electrons. The number of anilines is 1. The number of urea groups is 1. The fourth-order valence-corrected chi connectivity index (χ4v) is 3.91. The largest absolute Gasteiger partial charge is 0.371 e. The third-order valence-corrected chi connectivity index (χ3v) is 5.56. The standard InChI is InChI=1S/C20H32N4O/c1-16(2)23-10-8-17(14-23)12-21-20(25)22-13-18-9-11-24(15-18)19-6-4-3-5-7-19/h3-7,16-18H,8-15H2,1-2H3,(H2,21,22,25)/t17-,18+/m1/s1. The van der Waals surface area contributed by atoms with E-state index in [1.54, 1.807) is 0 Å². The van der Waals surface area contributed by atoms with Crippen LogP contribution in [-0.4, -0.2) is 56.2 Å². The summed E-state index contributed by atoms with van der Waals surface area (Å²) in [6.45, 7) is 10.4. The molecule has 2 saturated heterocycles. The lowest BCUT2D eigenvalue weighted by atomic mass is 10.1. The minimum atomic E-state index is -0.0128. The van der Waals surface area contributed by atoms with Crippen molar-refractivity contribution in [3.63, 3.8) is 0 Å². The first-order chi connectivity index (χ1) is 12.1. The van der Waals surface area contributed by atoms with Crippen LogP contribution < -0.4 is 15.5 Å². The van der Waals surface area contributed by atoms with Crippen molar-refractivity contribution in [1.29, 1.82) is 0 Å². The Bertz CT molecular complexity index is 548. The van der Waals surface area contributed by atoms with E-state index in [9.17, 15) is 4.79 Å². The zero-order valence-electron chi connectivity index (χ0n) is 15.6. The lowest BCUT2D eigenvalue weighted by Gasteiger charge is -2.20. The number of carbonyl (C=O) groups excluding carboxylic acids is 1. The molecule has 0 bridgehead atoms. The summed E-state index contributed by atoms with van der Waals surface area (Å²) < 4.78 is 0. The lowest BCUT2D eigenvalue weighted by molar-refractivity contribution is 0.235. The van der Waals surface area contributed by atoms with Crippen LogP contribution in [0.25, 0.3) is 0 Å². The van der Waals surface area contributed by atoms with Crippen LogP contribution >= 0.6 is 0 Å². The molecule has 0 aromatic heterocycles. The summed E-state index contributed by atoms with van der Waals surface area (Å²) in [6.07, 6.45) is 2.33. The molecule has 5 nitrogen and oxygen atoms in total. The van der Waals surface area contributed by atoms with E-state index < -0.39 is 0 Å². The number of hydrogen-bond acceptors (Lipinski definition) is 3. The first-order valence-electron chi connectivity index (χ1n) is 9.67. The van der Waals surface area contributed by atoms with E-state index in [4.69, 9.17) is 0 Å². The normalized spacial score (nSPS) is 24.0. The van der Waals surface area contributed by atoms with Gasteiger partial charge in [0, 0.05) is 44.5 Å². The maximum absolute atomic E-state index is 12.1. The molecular formula is C20H32N4O. The van der Waals surface area contributed by atoms with Gasteiger partial charge in [0.25, 0.3) is 0 Å². The monoisotopic (exact) mass is 344 g/mol. The van der Waals surface area contributed by atoms with Gasteiger partial charge in [-0.15, -0.1) is 0 Å². The second kappa shape index (κ2) is 8.56. The summed E-state index contributed by atoms with van der Waals surface area (Å²) >= 11 is 0. The van der Waals surface area contributed by atoms with Crippen LogP contribution in [0.4, 0.5) is 10.5 Å². The molecule has 25 heavy (non-hydrogen) atoms. The van der Waals surface area contributed by atoms with Crippen LogP contribution in [0, 0.1) is 11.8 Å².